The minimum absolute atomic E-state index is 0.219. The molecule has 0 aromatic carbocycles. The number of Topliss-reactive ketones (excluding diaryl/α,β-unsaturated/α-hetero) is 1. The van der Waals surface area contributed by atoms with E-state index in [4.69, 9.17) is 0 Å². The van der Waals surface area contributed by atoms with Crippen LogP contribution in [-0.2, 0) is 9.59 Å². The van der Waals surface area contributed by atoms with E-state index in [1.807, 2.05) is 6.92 Å². The molecule has 0 aliphatic heterocycles. The van der Waals surface area contributed by atoms with Gasteiger partial charge in [-0.3, -0.25) is 4.79 Å². The van der Waals surface area contributed by atoms with E-state index in [1.54, 1.807) is 0 Å². The molecule has 19 heavy (non-hydrogen) atoms. The third-order valence-electron chi connectivity index (χ3n) is 3.44. The smallest absolute Gasteiger partial charge is 0.133 e. The third-order valence-corrected chi connectivity index (χ3v) is 3.75. The molecule has 1 atom stereocenters. The van der Waals surface area contributed by atoms with Crippen molar-refractivity contribution < 1.29 is 9.59 Å². The number of hydrogen-bond acceptors (Lipinski definition) is 3. The Balaban J connectivity index is 3.25. The zero-order valence-corrected chi connectivity index (χ0v) is 13.3. The van der Waals surface area contributed by atoms with E-state index < -0.39 is 0 Å². The van der Waals surface area contributed by atoms with Crippen LogP contribution in [0.5, 0.6) is 0 Å². The average Bonchev–Trinajstić information content (AvgIpc) is 2.37. The van der Waals surface area contributed by atoms with Crippen LogP contribution in [0.15, 0.2) is 0 Å². The first-order chi connectivity index (χ1) is 9.20. The van der Waals surface area contributed by atoms with Gasteiger partial charge >= 0.3 is 0 Å². The highest BCUT2D eigenvalue weighted by atomic mass is 32.1. The molecule has 0 aromatic rings. The second kappa shape index (κ2) is 14.1. The second-order valence-electron chi connectivity index (χ2n) is 5.55. The van der Waals surface area contributed by atoms with Crippen LogP contribution in [0, 0.1) is 5.92 Å². The van der Waals surface area contributed by atoms with Crippen molar-refractivity contribution in [2.24, 2.45) is 5.92 Å². The van der Waals surface area contributed by atoms with Gasteiger partial charge in [0.2, 0.25) is 0 Å². The molecular formula is C16H30O2S. The van der Waals surface area contributed by atoms with Gasteiger partial charge in [0.25, 0.3) is 0 Å². The van der Waals surface area contributed by atoms with Gasteiger partial charge in [-0.25, -0.2) is 0 Å². The summed E-state index contributed by atoms with van der Waals surface area (Å²) in [5.41, 5.74) is 0. The fraction of sp³-hybridized carbons (Fsp3) is 0.875. The molecule has 0 aromatic heterocycles. The third kappa shape index (κ3) is 13.9. The number of ketones is 1. The van der Waals surface area contributed by atoms with Crippen LogP contribution in [0.3, 0.4) is 0 Å². The normalized spacial score (nSPS) is 12.3. The lowest BCUT2D eigenvalue weighted by Gasteiger charge is -2.06. The Morgan fingerprint density at radius 2 is 1.53 bits per heavy atom. The standard InChI is InChI=1S/C16H30O2S/c1-15(11-12-17)14-16(18)10-8-6-4-2-3-5-7-9-13-19/h12,15,19H,2-11,13-14H2,1H3/t15-/m1/s1. The van der Waals surface area contributed by atoms with Gasteiger partial charge in [-0.2, -0.15) is 12.6 Å². The Labute approximate surface area is 124 Å². The van der Waals surface area contributed by atoms with Gasteiger partial charge in [-0.15, -0.1) is 0 Å². The molecule has 0 saturated carbocycles. The van der Waals surface area contributed by atoms with Crippen LogP contribution in [0.4, 0.5) is 0 Å². The number of rotatable bonds is 14. The lowest BCUT2D eigenvalue weighted by Crippen LogP contribution is -2.05. The summed E-state index contributed by atoms with van der Waals surface area (Å²) in [6.07, 6.45) is 12.6. The quantitative estimate of drug-likeness (QED) is 0.287. The molecule has 0 amide bonds. The van der Waals surface area contributed by atoms with E-state index in [0.717, 1.165) is 18.5 Å². The molecule has 0 heterocycles. The van der Waals surface area contributed by atoms with Crippen molar-refractivity contribution in [1.82, 2.24) is 0 Å². The summed E-state index contributed by atoms with van der Waals surface area (Å²) in [7, 11) is 0. The minimum Gasteiger partial charge on any atom is -0.303 e. The van der Waals surface area contributed by atoms with Crippen LogP contribution in [-0.4, -0.2) is 17.8 Å². The van der Waals surface area contributed by atoms with E-state index in [9.17, 15) is 9.59 Å². The topological polar surface area (TPSA) is 34.1 Å². The van der Waals surface area contributed by atoms with Crippen molar-refractivity contribution in [3.05, 3.63) is 0 Å². The summed E-state index contributed by atoms with van der Waals surface area (Å²) in [5.74, 6) is 1.55. The van der Waals surface area contributed by atoms with Gasteiger partial charge in [0.1, 0.15) is 12.1 Å². The van der Waals surface area contributed by atoms with Crippen LogP contribution in [0.1, 0.15) is 77.6 Å². The second-order valence-corrected chi connectivity index (χ2v) is 6.00. The zero-order chi connectivity index (χ0) is 14.3. The molecule has 0 aliphatic carbocycles. The number of carbonyl (C=O) groups excluding carboxylic acids is 2. The fourth-order valence-corrected chi connectivity index (χ4v) is 2.46. The van der Waals surface area contributed by atoms with Gasteiger partial charge in [0, 0.05) is 19.3 Å². The Kier molecular flexibility index (Phi) is 13.9. The average molecular weight is 286 g/mol. The molecule has 3 heteroatoms. The summed E-state index contributed by atoms with van der Waals surface area (Å²) in [6.45, 7) is 1.97. The Hall–Kier alpha value is -0.310. The number of thiol groups is 1. The van der Waals surface area contributed by atoms with Crippen LogP contribution < -0.4 is 0 Å². The van der Waals surface area contributed by atoms with Gasteiger partial charge in [-0.05, 0) is 24.5 Å². The first kappa shape index (κ1) is 18.7. The first-order valence-electron chi connectivity index (χ1n) is 7.77. The maximum absolute atomic E-state index is 11.6. The molecule has 0 bridgehead atoms. The van der Waals surface area contributed by atoms with Crippen molar-refractivity contribution in [1.29, 1.82) is 0 Å². The lowest BCUT2D eigenvalue weighted by molar-refractivity contribution is -0.120. The Morgan fingerprint density at radius 3 is 2.05 bits per heavy atom. The molecule has 0 saturated heterocycles. The van der Waals surface area contributed by atoms with Crippen molar-refractivity contribution >= 4 is 24.7 Å². The SMILES string of the molecule is C[C@H](CC=O)CC(=O)CCCCCCCCCCS. The lowest BCUT2D eigenvalue weighted by atomic mass is 9.98. The summed E-state index contributed by atoms with van der Waals surface area (Å²) in [4.78, 5) is 21.9. The first-order valence-corrected chi connectivity index (χ1v) is 8.40. The minimum atomic E-state index is 0.219. The highest BCUT2D eigenvalue weighted by Gasteiger charge is 2.08. The number of unbranched alkanes of at least 4 members (excludes halogenated alkanes) is 7. The summed E-state index contributed by atoms with van der Waals surface area (Å²) in [6, 6.07) is 0. The van der Waals surface area contributed by atoms with Crippen LogP contribution in [0.25, 0.3) is 0 Å². The van der Waals surface area contributed by atoms with E-state index in [0.29, 0.717) is 25.0 Å². The number of aldehydes is 1. The van der Waals surface area contributed by atoms with E-state index >= 15 is 0 Å². The van der Waals surface area contributed by atoms with Gasteiger partial charge in [-0.1, -0.05) is 45.4 Å². The molecule has 2 nitrogen and oxygen atoms in total. The summed E-state index contributed by atoms with van der Waals surface area (Å²) in [5, 5.41) is 0. The van der Waals surface area contributed by atoms with Crippen molar-refractivity contribution in [2.75, 3.05) is 5.75 Å². The van der Waals surface area contributed by atoms with Crippen LogP contribution >= 0.6 is 12.6 Å². The highest BCUT2D eigenvalue weighted by Crippen LogP contribution is 2.13. The molecular weight excluding hydrogens is 256 g/mol. The molecule has 0 unspecified atom stereocenters. The Bertz CT molecular complexity index is 229. The molecule has 112 valence electrons. The predicted molar refractivity (Wildman–Crippen MR) is 84.9 cm³/mol. The monoisotopic (exact) mass is 286 g/mol. The number of carbonyl (C=O) groups is 2. The van der Waals surface area contributed by atoms with Crippen LogP contribution in [0.2, 0.25) is 0 Å². The van der Waals surface area contributed by atoms with Gasteiger partial charge < -0.3 is 4.79 Å². The van der Waals surface area contributed by atoms with E-state index in [-0.39, 0.29) is 5.92 Å². The molecule has 0 rings (SSSR count). The zero-order valence-electron chi connectivity index (χ0n) is 12.4. The molecule has 0 spiro atoms. The summed E-state index contributed by atoms with van der Waals surface area (Å²) >= 11 is 4.20. The predicted octanol–water partition coefficient (Wildman–Crippen LogP) is 4.61. The maximum Gasteiger partial charge on any atom is 0.133 e. The maximum atomic E-state index is 11.6. The van der Waals surface area contributed by atoms with Gasteiger partial charge in [0.05, 0.1) is 0 Å². The molecule has 0 fully saturated rings. The molecule has 0 N–H and O–H groups in total. The van der Waals surface area contributed by atoms with E-state index in [1.165, 1.54) is 44.9 Å². The largest absolute Gasteiger partial charge is 0.303 e. The summed E-state index contributed by atoms with van der Waals surface area (Å²) < 4.78 is 0. The Morgan fingerprint density at radius 1 is 1.00 bits per heavy atom. The van der Waals surface area contributed by atoms with Crippen molar-refractivity contribution in [3.8, 4) is 0 Å². The van der Waals surface area contributed by atoms with Crippen molar-refractivity contribution in [2.45, 2.75) is 77.6 Å². The number of hydrogen-bond donors (Lipinski definition) is 1. The highest BCUT2D eigenvalue weighted by molar-refractivity contribution is 7.80. The molecule has 0 aliphatic rings. The van der Waals surface area contributed by atoms with E-state index in [2.05, 4.69) is 12.6 Å². The van der Waals surface area contributed by atoms with Crippen molar-refractivity contribution in [3.63, 3.8) is 0 Å². The molecule has 0 radical (unpaired) electrons. The van der Waals surface area contributed by atoms with Gasteiger partial charge in [0.15, 0.2) is 0 Å². The fourth-order valence-electron chi connectivity index (χ4n) is 2.23.